The first-order chi connectivity index (χ1) is 9.49. The average molecular weight is 290 g/mol. The summed E-state index contributed by atoms with van der Waals surface area (Å²) in [7, 11) is 0. The lowest BCUT2D eigenvalue weighted by molar-refractivity contribution is 0.0697. The Morgan fingerprint density at radius 2 is 2.10 bits per heavy atom. The number of carbonyl (C=O) groups is 1. The van der Waals surface area contributed by atoms with Gasteiger partial charge in [-0.25, -0.2) is 4.79 Å². The van der Waals surface area contributed by atoms with Gasteiger partial charge in [-0.2, -0.15) is 14.9 Å². The molecule has 0 atom stereocenters. The molecule has 0 bridgehead atoms. The molecule has 0 spiro atoms. The zero-order valence-corrected chi connectivity index (χ0v) is 11.9. The van der Waals surface area contributed by atoms with Crippen LogP contribution in [0.25, 0.3) is 0 Å². The first kappa shape index (κ1) is 14.1. The van der Waals surface area contributed by atoms with Gasteiger partial charge in [0.15, 0.2) is 5.82 Å². The summed E-state index contributed by atoms with van der Waals surface area (Å²) in [5.41, 5.74) is 1.03. The summed E-state index contributed by atoms with van der Waals surface area (Å²) in [5.74, 6) is -0.0180. The second-order valence-electron chi connectivity index (χ2n) is 4.53. The van der Waals surface area contributed by atoms with Crippen LogP contribution < -0.4 is 0 Å². The van der Waals surface area contributed by atoms with Crippen LogP contribution in [0.5, 0.6) is 0 Å². The maximum Gasteiger partial charge on any atom is 0.335 e. The number of nitrogens with one attached hydrogen (secondary N) is 1. The Balaban J connectivity index is 2.27. The lowest BCUT2D eigenvalue weighted by Crippen LogP contribution is -2.01. The molecule has 1 heterocycles. The van der Waals surface area contributed by atoms with Crippen LogP contribution in [0.1, 0.15) is 41.5 Å². The number of hydrogen-bond donors (Lipinski definition) is 2. The third-order valence-corrected chi connectivity index (χ3v) is 2.94. The molecule has 0 unspecified atom stereocenters. The molecular weight excluding hydrogens is 276 g/mol. The molecule has 1 aromatic carbocycles. The van der Waals surface area contributed by atoms with Gasteiger partial charge in [-0.3, -0.25) is 5.10 Å². The van der Waals surface area contributed by atoms with Crippen LogP contribution in [0.2, 0.25) is 0 Å². The first-order valence-electron chi connectivity index (χ1n) is 6.04. The molecule has 2 aromatic rings. The molecular formula is C13H14N4O2S. The van der Waals surface area contributed by atoms with E-state index >= 15 is 0 Å². The Labute approximate surface area is 120 Å². The topological polar surface area (TPSA) is 83.3 Å². The summed E-state index contributed by atoms with van der Waals surface area (Å²) in [6.45, 7) is 4.00. The van der Waals surface area contributed by atoms with Crippen LogP contribution in [0.15, 0.2) is 29.4 Å². The predicted molar refractivity (Wildman–Crippen MR) is 77.9 cm³/mol. The summed E-state index contributed by atoms with van der Waals surface area (Å²) in [4.78, 5) is 10.8. The van der Waals surface area contributed by atoms with Gasteiger partial charge in [-0.15, -0.1) is 0 Å². The first-order valence-corrected chi connectivity index (χ1v) is 6.45. The van der Waals surface area contributed by atoms with Crippen molar-refractivity contribution in [3.05, 3.63) is 46.0 Å². The smallest absolute Gasteiger partial charge is 0.335 e. The maximum atomic E-state index is 10.8. The van der Waals surface area contributed by atoms with Crippen molar-refractivity contribution in [2.45, 2.75) is 19.8 Å². The van der Waals surface area contributed by atoms with Crippen LogP contribution in [0.3, 0.4) is 0 Å². The lowest BCUT2D eigenvalue weighted by atomic mass is 10.1. The van der Waals surface area contributed by atoms with E-state index in [1.807, 2.05) is 13.8 Å². The van der Waals surface area contributed by atoms with Crippen molar-refractivity contribution >= 4 is 24.4 Å². The molecule has 0 saturated carbocycles. The summed E-state index contributed by atoms with van der Waals surface area (Å²) < 4.78 is 1.98. The Kier molecular flexibility index (Phi) is 4.09. The minimum atomic E-state index is -0.951. The molecule has 2 N–H and O–H groups in total. The van der Waals surface area contributed by atoms with E-state index in [4.69, 9.17) is 17.3 Å². The molecule has 2 rings (SSSR count). The van der Waals surface area contributed by atoms with Gasteiger partial charge in [-0.05, 0) is 29.9 Å². The summed E-state index contributed by atoms with van der Waals surface area (Å²) in [5, 5.41) is 19.9. The third-order valence-electron chi connectivity index (χ3n) is 2.67. The van der Waals surface area contributed by atoms with Crippen molar-refractivity contribution in [3.8, 4) is 0 Å². The number of aromatic amines is 1. The van der Waals surface area contributed by atoms with Crippen molar-refractivity contribution in [1.29, 1.82) is 0 Å². The molecule has 1 aromatic heterocycles. The molecule has 104 valence electrons. The summed E-state index contributed by atoms with van der Waals surface area (Å²) >= 11 is 5.12. The van der Waals surface area contributed by atoms with E-state index in [1.54, 1.807) is 23.0 Å². The number of carboxylic acids is 1. The molecule has 20 heavy (non-hydrogen) atoms. The van der Waals surface area contributed by atoms with Crippen molar-refractivity contribution in [3.63, 3.8) is 0 Å². The summed E-state index contributed by atoms with van der Waals surface area (Å²) in [6.07, 6.45) is 1.61. The predicted octanol–water partition coefficient (Wildman–Crippen LogP) is 2.64. The fourth-order valence-electron chi connectivity index (χ4n) is 1.63. The Morgan fingerprint density at radius 1 is 1.45 bits per heavy atom. The zero-order valence-electron chi connectivity index (χ0n) is 11.1. The highest BCUT2D eigenvalue weighted by atomic mass is 32.1. The van der Waals surface area contributed by atoms with Gasteiger partial charge in [-0.1, -0.05) is 26.0 Å². The molecule has 0 aliphatic carbocycles. The highest BCUT2D eigenvalue weighted by Crippen LogP contribution is 2.11. The highest BCUT2D eigenvalue weighted by Gasteiger charge is 2.08. The van der Waals surface area contributed by atoms with E-state index in [-0.39, 0.29) is 11.5 Å². The number of H-pyrrole nitrogens is 1. The van der Waals surface area contributed by atoms with Gasteiger partial charge in [0.2, 0.25) is 4.77 Å². The summed E-state index contributed by atoms with van der Waals surface area (Å²) in [6, 6.07) is 6.43. The van der Waals surface area contributed by atoms with Gasteiger partial charge in [0.05, 0.1) is 11.8 Å². The zero-order chi connectivity index (χ0) is 14.7. The molecule has 0 saturated heterocycles. The molecule has 0 fully saturated rings. The molecule has 7 heteroatoms. The monoisotopic (exact) mass is 290 g/mol. The fraction of sp³-hybridized carbons (Fsp3) is 0.231. The van der Waals surface area contributed by atoms with Crippen LogP contribution >= 0.6 is 12.2 Å². The number of aromatic carboxylic acids is 1. The van der Waals surface area contributed by atoms with Crippen LogP contribution in [-0.4, -0.2) is 32.2 Å². The van der Waals surface area contributed by atoms with Gasteiger partial charge in [0, 0.05) is 5.92 Å². The van der Waals surface area contributed by atoms with E-state index in [2.05, 4.69) is 15.3 Å². The van der Waals surface area contributed by atoms with Crippen LogP contribution in [0.4, 0.5) is 0 Å². The Hall–Kier alpha value is -2.28. The van der Waals surface area contributed by atoms with Gasteiger partial charge >= 0.3 is 5.97 Å². The van der Waals surface area contributed by atoms with Gasteiger partial charge in [0.25, 0.3) is 0 Å². The fourth-order valence-corrected chi connectivity index (χ4v) is 1.81. The highest BCUT2D eigenvalue weighted by molar-refractivity contribution is 7.71. The number of benzene rings is 1. The Bertz CT molecular complexity index is 698. The van der Waals surface area contributed by atoms with Crippen molar-refractivity contribution in [1.82, 2.24) is 14.9 Å². The molecule has 0 aliphatic heterocycles. The second-order valence-corrected chi connectivity index (χ2v) is 4.91. The number of rotatable bonds is 4. The number of carboxylic acid groups (broad SMARTS) is 1. The standard InChI is InChI=1S/C13H14N4O2S/c1-8(2)11-15-16-13(20)17(11)14-7-9-3-5-10(6-4-9)12(18)19/h3-8H,1-2H3,(H,16,20)(H,18,19)/b14-7-. The SMILES string of the molecule is CC(C)c1n[nH]c(=S)n1/N=C\c1ccc(C(=O)O)cc1. The second kappa shape index (κ2) is 5.79. The third kappa shape index (κ3) is 3.00. The average Bonchev–Trinajstić information content (AvgIpc) is 2.78. The van der Waals surface area contributed by atoms with Gasteiger partial charge in [0.1, 0.15) is 0 Å². The van der Waals surface area contributed by atoms with E-state index < -0.39 is 5.97 Å². The van der Waals surface area contributed by atoms with E-state index in [0.717, 1.165) is 11.4 Å². The quantitative estimate of drug-likeness (QED) is 0.670. The number of aromatic nitrogens is 3. The van der Waals surface area contributed by atoms with E-state index in [1.165, 1.54) is 12.1 Å². The Morgan fingerprint density at radius 3 is 2.65 bits per heavy atom. The maximum absolute atomic E-state index is 10.8. The minimum Gasteiger partial charge on any atom is -0.478 e. The van der Waals surface area contributed by atoms with Crippen molar-refractivity contribution in [2.24, 2.45) is 5.10 Å². The number of nitrogens with zero attached hydrogens (tertiary/aromatic N) is 3. The molecule has 0 amide bonds. The minimum absolute atomic E-state index is 0.189. The van der Waals surface area contributed by atoms with Crippen LogP contribution in [0, 0.1) is 4.77 Å². The van der Waals surface area contributed by atoms with Crippen molar-refractivity contribution in [2.75, 3.05) is 0 Å². The van der Waals surface area contributed by atoms with E-state index in [0.29, 0.717) is 4.77 Å². The number of hydrogen-bond acceptors (Lipinski definition) is 4. The van der Waals surface area contributed by atoms with Crippen LogP contribution in [-0.2, 0) is 0 Å². The molecule has 0 radical (unpaired) electrons. The van der Waals surface area contributed by atoms with Crippen molar-refractivity contribution < 1.29 is 9.90 Å². The van der Waals surface area contributed by atoms with Gasteiger partial charge < -0.3 is 5.11 Å². The van der Waals surface area contributed by atoms with E-state index in [9.17, 15) is 4.79 Å². The lowest BCUT2D eigenvalue weighted by Gasteiger charge is -2.02. The normalized spacial score (nSPS) is 11.3. The largest absolute Gasteiger partial charge is 0.478 e. The molecule has 0 aliphatic rings. The molecule has 6 nitrogen and oxygen atoms in total.